The number of ether oxygens (including phenoxy) is 2. The summed E-state index contributed by atoms with van der Waals surface area (Å²) in [4.78, 5) is 2.05. The Morgan fingerprint density at radius 3 is 2.80 bits per heavy atom. The van der Waals surface area contributed by atoms with Gasteiger partial charge >= 0.3 is 0 Å². The first kappa shape index (κ1) is 17.3. The lowest BCUT2D eigenvalue weighted by molar-refractivity contribution is -0.177. The van der Waals surface area contributed by atoms with E-state index < -0.39 is 6.10 Å². The molecule has 0 amide bonds. The maximum absolute atomic E-state index is 9.59. The van der Waals surface area contributed by atoms with Gasteiger partial charge in [-0.25, -0.2) is 0 Å². The van der Waals surface area contributed by atoms with Crippen molar-refractivity contribution < 1.29 is 9.47 Å². The van der Waals surface area contributed by atoms with Crippen LogP contribution in [0.4, 0.5) is 0 Å². The quantitative estimate of drug-likeness (QED) is 0.709. The molecule has 2 heterocycles. The van der Waals surface area contributed by atoms with Gasteiger partial charge in [0.2, 0.25) is 0 Å². The van der Waals surface area contributed by atoms with Crippen LogP contribution in [-0.2, 0) is 9.47 Å². The second-order valence-corrected chi connectivity index (χ2v) is 9.91. The molecule has 1 saturated heterocycles. The average molecular weight is 358 g/mol. The lowest BCUT2D eigenvalue weighted by Crippen LogP contribution is -2.38. The van der Waals surface area contributed by atoms with Crippen molar-refractivity contribution in [3.05, 3.63) is 28.5 Å². The van der Waals surface area contributed by atoms with Crippen LogP contribution in [-0.4, -0.2) is 12.4 Å². The Bertz CT molecular complexity index is 745. The fraction of sp³-hybridized carbons (Fsp3) is 0.667. The van der Waals surface area contributed by atoms with Crippen molar-refractivity contribution in [2.75, 3.05) is 0 Å². The van der Waals surface area contributed by atoms with E-state index in [1.165, 1.54) is 12.8 Å². The van der Waals surface area contributed by atoms with E-state index in [-0.39, 0.29) is 17.8 Å². The van der Waals surface area contributed by atoms with Gasteiger partial charge in [-0.3, -0.25) is 0 Å². The first-order valence-corrected chi connectivity index (χ1v) is 10.1. The lowest BCUT2D eigenvalue weighted by atomic mass is 9.70. The molecule has 0 unspecified atom stereocenters. The first-order chi connectivity index (χ1) is 11.8. The van der Waals surface area contributed by atoms with Crippen LogP contribution in [0.15, 0.2) is 18.7 Å². The Kier molecular flexibility index (Phi) is 3.92. The summed E-state index contributed by atoms with van der Waals surface area (Å²) in [6.45, 7) is 13.2. The normalized spacial score (nSPS) is 39.2. The molecule has 2 saturated carbocycles. The zero-order valence-corrected chi connectivity index (χ0v) is 16.4. The van der Waals surface area contributed by atoms with Gasteiger partial charge in [0.05, 0.1) is 6.10 Å². The molecule has 4 heteroatoms. The molecule has 1 aliphatic heterocycles. The highest BCUT2D eigenvalue weighted by molar-refractivity contribution is 7.13. The van der Waals surface area contributed by atoms with Gasteiger partial charge in [-0.15, -0.1) is 11.3 Å². The van der Waals surface area contributed by atoms with Crippen LogP contribution in [0.5, 0.6) is 0 Å². The van der Waals surface area contributed by atoms with Gasteiger partial charge in [0.1, 0.15) is 6.07 Å². The summed E-state index contributed by atoms with van der Waals surface area (Å²) in [6.07, 6.45) is 2.93. The number of allylic oxidation sites excluding steroid dienone is 1. The zero-order valence-electron chi connectivity index (χ0n) is 15.5. The van der Waals surface area contributed by atoms with Crippen molar-refractivity contribution in [2.24, 2.45) is 22.7 Å². The first-order valence-electron chi connectivity index (χ1n) is 9.24. The SMILES string of the molecule is C=C(C)c1ccc([C@@H](C#N)O[C@@H]2C[C@H]3[C@H]4CC[C@@](C)([C@H]3O2)C4(C)C)s1. The van der Waals surface area contributed by atoms with Gasteiger partial charge in [-0.05, 0) is 60.1 Å². The molecule has 3 nitrogen and oxygen atoms in total. The number of thiophene rings is 1. The van der Waals surface area contributed by atoms with E-state index in [1.807, 2.05) is 19.1 Å². The minimum atomic E-state index is -0.555. The third kappa shape index (κ3) is 2.36. The van der Waals surface area contributed by atoms with E-state index in [4.69, 9.17) is 9.47 Å². The number of hydrogen-bond acceptors (Lipinski definition) is 4. The largest absolute Gasteiger partial charge is 0.348 e. The van der Waals surface area contributed by atoms with Crippen LogP contribution in [0.1, 0.15) is 62.8 Å². The van der Waals surface area contributed by atoms with E-state index >= 15 is 0 Å². The van der Waals surface area contributed by atoms with Gasteiger partial charge in [0, 0.05) is 16.2 Å². The maximum atomic E-state index is 9.59. The van der Waals surface area contributed by atoms with E-state index in [0.29, 0.717) is 17.3 Å². The Balaban J connectivity index is 1.48. The number of rotatable bonds is 4. The molecule has 3 fully saturated rings. The Labute approximate surface area is 154 Å². The Morgan fingerprint density at radius 1 is 1.44 bits per heavy atom. The molecule has 2 bridgehead atoms. The van der Waals surface area contributed by atoms with Crippen LogP contribution in [0.25, 0.3) is 5.57 Å². The zero-order chi connectivity index (χ0) is 18.0. The van der Waals surface area contributed by atoms with Crippen molar-refractivity contribution in [1.29, 1.82) is 5.26 Å². The second kappa shape index (κ2) is 5.67. The third-order valence-corrected chi connectivity index (χ3v) is 8.67. The van der Waals surface area contributed by atoms with Crippen LogP contribution >= 0.6 is 11.3 Å². The van der Waals surface area contributed by atoms with Crippen molar-refractivity contribution in [3.8, 4) is 6.07 Å². The molecular formula is C21H27NO2S. The summed E-state index contributed by atoms with van der Waals surface area (Å²) < 4.78 is 12.5. The average Bonchev–Trinajstić information content (AvgIpc) is 3.26. The van der Waals surface area contributed by atoms with E-state index in [1.54, 1.807) is 11.3 Å². The molecule has 1 aromatic rings. The molecule has 2 aliphatic carbocycles. The fourth-order valence-electron chi connectivity index (χ4n) is 5.61. The van der Waals surface area contributed by atoms with Crippen LogP contribution in [0.2, 0.25) is 0 Å². The fourth-order valence-corrected chi connectivity index (χ4v) is 6.52. The Hall–Kier alpha value is -1.15. The molecule has 0 spiro atoms. The van der Waals surface area contributed by atoms with Crippen molar-refractivity contribution in [2.45, 2.75) is 65.5 Å². The van der Waals surface area contributed by atoms with E-state index in [2.05, 4.69) is 33.4 Å². The summed E-state index contributed by atoms with van der Waals surface area (Å²) in [5.41, 5.74) is 1.59. The molecule has 134 valence electrons. The minimum absolute atomic E-state index is 0.235. The number of fused-ring (bicyclic) bond motifs is 5. The van der Waals surface area contributed by atoms with E-state index in [9.17, 15) is 5.26 Å². The van der Waals surface area contributed by atoms with E-state index in [0.717, 1.165) is 21.7 Å². The highest BCUT2D eigenvalue weighted by atomic mass is 32.1. The van der Waals surface area contributed by atoms with Gasteiger partial charge in [0.25, 0.3) is 0 Å². The molecule has 3 aliphatic rings. The predicted octanol–water partition coefficient (Wildman–Crippen LogP) is 5.55. The highest BCUT2D eigenvalue weighted by Gasteiger charge is 2.69. The Morgan fingerprint density at radius 2 is 2.20 bits per heavy atom. The number of hydrogen-bond donors (Lipinski definition) is 0. The topological polar surface area (TPSA) is 42.2 Å². The van der Waals surface area contributed by atoms with Gasteiger partial charge in [0.15, 0.2) is 12.4 Å². The van der Waals surface area contributed by atoms with Crippen molar-refractivity contribution in [3.63, 3.8) is 0 Å². The van der Waals surface area contributed by atoms with Gasteiger partial charge in [-0.1, -0.05) is 27.4 Å². The summed E-state index contributed by atoms with van der Waals surface area (Å²) in [7, 11) is 0. The van der Waals surface area contributed by atoms with Crippen LogP contribution in [0, 0.1) is 34.0 Å². The predicted molar refractivity (Wildman–Crippen MR) is 99.8 cm³/mol. The molecule has 1 aromatic heterocycles. The van der Waals surface area contributed by atoms with Crippen LogP contribution in [0.3, 0.4) is 0 Å². The molecule has 6 atom stereocenters. The second-order valence-electron chi connectivity index (χ2n) is 8.80. The summed E-state index contributed by atoms with van der Waals surface area (Å²) >= 11 is 1.59. The standard InChI is InChI=1S/C21H27NO2S/c1-12(2)16-6-7-17(25-16)15(11-22)23-18-10-13-14-8-9-21(5,19(13)24-18)20(14,3)4/h6-7,13-15,18-19H,1,8-10H2,2-5H3/t13-,14+,15+,18-,19-,21-/m0/s1. The van der Waals surface area contributed by atoms with Crippen molar-refractivity contribution in [1.82, 2.24) is 0 Å². The van der Waals surface area contributed by atoms with Gasteiger partial charge < -0.3 is 9.47 Å². The highest BCUT2D eigenvalue weighted by Crippen LogP contribution is 2.71. The molecule has 0 N–H and O–H groups in total. The molecule has 4 rings (SSSR count). The third-order valence-electron chi connectivity index (χ3n) is 7.38. The minimum Gasteiger partial charge on any atom is -0.348 e. The summed E-state index contributed by atoms with van der Waals surface area (Å²) in [5, 5.41) is 9.59. The molecule has 0 aromatic carbocycles. The molecule has 25 heavy (non-hydrogen) atoms. The summed E-state index contributed by atoms with van der Waals surface area (Å²) in [5.74, 6) is 1.29. The monoisotopic (exact) mass is 357 g/mol. The summed E-state index contributed by atoms with van der Waals surface area (Å²) in [6, 6.07) is 6.30. The number of nitriles is 1. The molecule has 0 radical (unpaired) electrons. The number of nitrogens with zero attached hydrogens (tertiary/aromatic N) is 1. The van der Waals surface area contributed by atoms with Crippen molar-refractivity contribution >= 4 is 16.9 Å². The molecular weight excluding hydrogens is 330 g/mol. The van der Waals surface area contributed by atoms with Gasteiger partial charge in [-0.2, -0.15) is 5.26 Å². The van der Waals surface area contributed by atoms with Crippen LogP contribution < -0.4 is 0 Å². The lowest BCUT2D eigenvalue weighted by Gasteiger charge is -2.38. The maximum Gasteiger partial charge on any atom is 0.181 e. The smallest absolute Gasteiger partial charge is 0.181 e.